The monoisotopic (exact) mass is 302 g/mol. The second-order valence-corrected chi connectivity index (χ2v) is 6.37. The van der Waals surface area contributed by atoms with E-state index in [1.54, 1.807) is 12.1 Å². The van der Waals surface area contributed by atoms with E-state index in [-0.39, 0.29) is 22.5 Å². The molecule has 0 aliphatic heterocycles. The first-order chi connectivity index (χ1) is 8.34. The molecule has 0 unspecified atom stereocenters. The van der Waals surface area contributed by atoms with Crippen LogP contribution in [-0.4, -0.2) is 5.24 Å². The van der Waals surface area contributed by atoms with Crippen LogP contribution in [0.2, 0.25) is 5.02 Å². The van der Waals surface area contributed by atoms with Gasteiger partial charge in [0, 0.05) is 16.0 Å². The van der Waals surface area contributed by atoms with Crippen LogP contribution in [0.25, 0.3) is 5.03 Å². The Labute approximate surface area is 122 Å². The molecule has 1 aromatic rings. The van der Waals surface area contributed by atoms with Gasteiger partial charge in [-0.15, -0.1) is 0 Å². The van der Waals surface area contributed by atoms with Gasteiger partial charge in [-0.05, 0) is 40.6 Å². The molecule has 2 atom stereocenters. The smallest absolute Gasteiger partial charge is 0.225 e. The number of carbonyl (C=O) groups is 1. The lowest BCUT2D eigenvalue weighted by Gasteiger charge is -2.01. The molecule has 0 radical (unpaired) electrons. The summed E-state index contributed by atoms with van der Waals surface area (Å²) in [5.74, 6) is -0.0362. The van der Waals surface area contributed by atoms with E-state index in [2.05, 4.69) is 0 Å². The van der Waals surface area contributed by atoms with Gasteiger partial charge in [-0.25, -0.2) is 0 Å². The maximum absolute atomic E-state index is 11.3. The zero-order valence-corrected chi connectivity index (χ0v) is 12.4. The fraction of sp³-hybridized carbons (Fsp3) is 0.357. The Bertz CT molecular complexity index is 502. The summed E-state index contributed by atoms with van der Waals surface area (Å²) in [4.78, 5) is 11.3. The summed E-state index contributed by atoms with van der Waals surface area (Å²) < 4.78 is 0. The lowest BCUT2D eigenvalue weighted by atomic mass is 10.1. The highest BCUT2D eigenvalue weighted by Gasteiger charge is 2.60. The van der Waals surface area contributed by atoms with Crippen molar-refractivity contribution in [1.29, 1.82) is 0 Å². The molecule has 0 bridgehead atoms. The van der Waals surface area contributed by atoms with Crippen molar-refractivity contribution in [3.05, 3.63) is 40.9 Å². The maximum atomic E-state index is 11.3. The first kappa shape index (κ1) is 13.9. The molecule has 1 nitrogen and oxygen atoms in total. The van der Waals surface area contributed by atoms with E-state index in [0.29, 0.717) is 10.1 Å². The van der Waals surface area contributed by atoms with Crippen molar-refractivity contribution in [2.45, 2.75) is 13.8 Å². The normalized spacial score (nSPS) is 25.9. The van der Waals surface area contributed by atoms with Crippen LogP contribution in [0.3, 0.4) is 0 Å². The number of halogens is 3. The molecule has 0 heterocycles. The highest BCUT2D eigenvalue weighted by atomic mass is 35.5. The van der Waals surface area contributed by atoms with Gasteiger partial charge < -0.3 is 0 Å². The molecule has 1 aliphatic rings. The predicted molar refractivity (Wildman–Crippen MR) is 76.9 cm³/mol. The Morgan fingerprint density at radius 3 is 2.22 bits per heavy atom. The standard InChI is InChI=1S/C14H13Cl3O/c1-14(2)10(12(14)13(17)18)7-11(16)8-3-5-9(15)6-4-8/h3-7,10,12H,1-2H3/b11-7-/t10-,12-/m0/s1. The van der Waals surface area contributed by atoms with Crippen LogP contribution in [0, 0.1) is 17.3 Å². The van der Waals surface area contributed by atoms with Crippen LogP contribution < -0.4 is 0 Å². The summed E-state index contributed by atoms with van der Waals surface area (Å²) >= 11 is 17.7. The number of rotatable bonds is 3. The van der Waals surface area contributed by atoms with Gasteiger partial charge in [0.25, 0.3) is 0 Å². The fourth-order valence-electron chi connectivity index (χ4n) is 2.29. The molecule has 4 heteroatoms. The third-order valence-corrected chi connectivity index (χ3v) is 4.43. The van der Waals surface area contributed by atoms with Crippen molar-refractivity contribution in [2.24, 2.45) is 17.3 Å². The molecule has 96 valence electrons. The van der Waals surface area contributed by atoms with E-state index < -0.39 is 0 Å². The minimum Gasteiger partial charge on any atom is -0.281 e. The molecule has 1 saturated carbocycles. The number of hydrogen-bond acceptors (Lipinski definition) is 1. The fourth-order valence-corrected chi connectivity index (χ4v) is 3.09. The van der Waals surface area contributed by atoms with Gasteiger partial charge in [-0.2, -0.15) is 0 Å². The lowest BCUT2D eigenvalue weighted by Crippen LogP contribution is -1.96. The molecule has 0 aromatic heterocycles. The first-order valence-electron chi connectivity index (χ1n) is 5.66. The molecule has 0 N–H and O–H groups in total. The van der Waals surface area contributed by atoms with E-state index in [1.165, 1.54) is 0 Å². The van der Waals surface area contributed by atoms with Crippen molar-refractivity contribution >= 4 is 45.1 Å². The Balaban J connectivity index is 2.20. The molecule has 1 fully saturated rings. The van der Waals surface area contributed by atoms with E-state index in [4.69, 9.17) is 34.8 Å². The Hall–Kier alpha value is -0.500. The molecule has 0 saturated heterocycles. The van der Waals surface area contributed by atoms with Crippen LogP contribution >= 0.6 is 34.8 Å². The van der Waals surface area contributed by atoms with Crippen molar-refractivity contribution < 1.29 is 4.79 Å². The van der Waals surface area contributed by atoms with Gasteiger partial charge >= 0.3 is 0 Å². The average molecular weight is 304 g/mol. The number of allylic oxidation sites excluding steroid dienone is 1. The highest BCUT2D eigenvalue weighted by molar-refractivity contribution is 6.64. The van der Waals surface area contributed by atoms with Crippen LogP contribution in [0.15, 0.2) is 30.3 Å². The number of benzene rings is 1. The van der Waals surface area contributed by atoms with Crippen molar-refractivity contribution in [3.8, 4) is 0 Å². The van der Waals surface area contributed by atoms with Crippen molar-refractivity contribution in [1.82, 2.24) is 0 Å². The molecular formula is C14H13Cl3O. The van der Waals surface area contributed by atoms with Crippen LogP contribution in [0.1, 0.15) is 19.4 Å². The largest absolute Gasteiger partial charge is 0.281 e. The minimum absolute atomic E-state index is 0.102. The summed E-state index contributed by atoms with van der Waals surface area (Å²) in [6, 6.07) is 7.28. The maximum Gasteiger partial charge on any atom is 0.225 e. The number of hydrogen-bond donors (Lipinski definition) is 0. The predicted octanol–water partition coefficient (Wildman–Crippen LogP) is 4.96. The summed E-state index contributed by atoms with van der Waals surface area (Å²) in [6.45, 7) is 4.04. The third kappa shape index (κ3) is 2.59. The van der Waals surface area contributed by atoms with Crippen LogP contribution in [0.5, 0.6) is 0 Å². The zero-order chi connectivity index (χ0) is 13.5. The van der Waals surface area contributed by atoms with E-state index in [9.17, 15) is 4.79 Å². The summed E-state index contributed by atoms with van der Waals surface area (Å²) in [5, 5.41) is 1.01. The van der Waals surface area contributed by atoms with Crippen molar-refractivity contribution in [2.75, 3.05) is 0 Å². The quantitative estimate of drug-likeness (QED) is 0.721. The summed E-state index contributed by atoms with van der Waals surface area (Å²) in [6.07, 6.45) is 1.91. The number of carbonyl (C=O) groups excluding carboxylic acids is 1. The molecular weight excluding hydrogens is 291 g/mol. The summed E-state index contributed by atoms with van der Waals surface area (Å²) in [5.41, 5.74) is 0.787. The molecule has 18 heavy (non-hydrogen) atoms. The molecule has 0 amide bonds. The van der Waals surface area contributed by atoms with Crippen molar-refractivity contribution in [3.63, 3.8) is 0 Å². The van der Waals surface area contributed by atoms with E-state index in [0.717, 1.165) is 5.56 Å². The third-order valence-electron chi connectivity index (χ3n) is 3.60. The molecule has 1 aromatic carbocycles. The molecule has 0 spiro atoms. The van der Waals surface area contributed by atoms with E-state index in [1.807, 2.05) is 32.1 Å². The molecule has 2 rings (SSSR count). The van der Waals surface area contributed by atoms with Gasteiger partial charge in [0.05, 0.1) is 0 Å². The molecule has 1 aliphatic carbocycles. The lowest BCUT2D eigenvalue weighted by molar-refractivity contribution is -0.113. The van der Waals surface area contributed by atoms with Gasteiger partial charge in [-0.3, -0.25) is 4.79 Å². The van der Waals surface area contributed by atoms with Gasteiger partial charge in [0.1, 0.15) is 0 Å². The Kier molecular flexibility index (Phi) is 3.77. The topological polar surface area (TPSA) is 17.1 Å². The Morgan fingerprint density at radius 1 is 1.22 bits per heavy atom. The van der Waals surface area contributed by atoms with E-state index >= 15 is 0 Å². The van der Waals surface area contributed by atoms with Gasteiger partial charge in [0.15, 0.2) is 0 Å². The van der Waals surface area contributed by atoms with Gasteiger partial charge in [-0.1, -0.05) is 55.3 Å². The second-order valence-electron chi connectivity index (χ2n) is 5.15. The Morgan fingerprint density at radius 2 is 1.78 bits per heavy atom. The summed E-state index contributed by atoms with van der Waals surface area (Å²) in [7, 11) is 0. The first-order valence-corrected chi connectivity index (χ1v) is 6.80. The van der Waals surface area contributed by atoms with Gasteiger partial charge in [0.2, 0.25) is 5.24 Å². The second kappa shape index (κ2) is 4.88. The SMILES string of the molecule is CC1(C)[C@H](C(=O)Cl)[C@@H]1/C=C(\Cl)c1ccc(Cl)cc1. The minimum atomic E-state index is -0.290. The average Bonchev–Trinajstić information content (AvgIpc) is 2.81. The highest BCUT2D eigenvalue weighted by Crippen LogP contribution is 2.60. The van der Waals surface area contributed by atoms with Crippen LogP contribution in [0.4, 0.5) is 0 Å². The zero-order valence-electron chi connectivity index (χ0n) is 10.1. The van der Waals surface area contributed by atoms with Crippen LogP contribution in [-0.2, 0) is 4.79 Å².